The summed E-state index contributed by atoms with van der Waals surface area (Å²) < 4.78 is 34.1. The van der Waals surface area contributed by atoms with Gasteiger partial charge in [0.15, 0.2) is 6.10 Å². The van der Waals surface area contributed by atoms with E-state index in [1.165, 1.54) is 0 Å². The van der Waals surface area contributed by atoms with Gasteiger partial charge in [-0.05, 0) is 6.42 Å². The first-order valence-electron chi connectivity index (χ1n) is 2.29. The van der Waals surface area contributed by atoms with Crippen LogP contribution in [-0.4, -0.2) is 22.7 Å². The third-order valence-corrected chi connectivity index (χ3v) is 1.22. The van der Waals surface area contributed by atoms with Crippen molar-refractivity contribution >= 4 is 15.9 Å². The molecule has 0 saturated carbocycles. The predicted molar refractivity (Wildman–Crippen MR) is 30.5 cm³/mol. The Bertz CT molecular complexity index is 82.4. The Kier molecular flexibility index (Phi) is 3.50. The van der Waals surface area contributed by atoms with E-state index >= 15 is 0 Å². The standard InChI is InChI=1S/C4H6BrF3O/c5-2-1-3(9)4(6,7)8/h3,9H,1-2H2. The third kappa shape index (κ3) is 3.75. The minimum Gasteiger partial charge on any atom is -0.384 e. The second-order valence-corrected chi connectivity index (χ2v) is 2.33. The molecule has 0 aromatic carbocycles. The van der Waals surface area contributed by atoms with Crippen LogP contribution in [0, 0.1) is 0 Å². The molecule has 0 rings (SSSR count). The zero-order valence-corrected chi connectivity index (χ0v) is 6.04. The number of halogens is 4. The van der Waals surface area contributed by atoms with Gasteiger partial charge in [0.2, 0.25) is 0 Å². The predicted octanol–water partition coefficient (Wildman–Crippen LogP) is 1.69. The van der Waals surface area contributed by atoms with Gasteiger partial charge in [0.1, 0.15) is 0 Å². The summed E-state index contributed by atoms with van der Waals surface area (Å²) in [7, 11) is 0. The molecule has 1 N–H and O–H groups in total. The minimum atomic E-state index is -4.46. The SMILES string of the molecule is OC(CCBr)C(F)(F)F. The lowest BCUT2D eigenvalue weighted by Crippen LogP contribution is -2.28. The van der Waals surface area contributed by atoms with Crippen molar-refractivity contribution in [2.45, 2.75) is 18.7 Å². The molecular formula is C4H6BrF3O. The van der Waals surface area contributed by atoms with E-state index in [1.807, 2.05) is 0 Å². The van der Waals surface area contributed by atoms with Crippen LogP contribution in [0.25, 0.3) is 0 Å². The van der Waals surface area contributed by atoms with Crippen LogP contribution in [0.1, 0.15) is 6.42 Å². The van der Waals surface area contributed by atoms with Crippen molar-refractivity contribution in [2.75, 3.05) is 5.33 Å². The Morgan fingerprint density at radius 1 is 1.44 bits per heavy atom. The molecule has 0 aromatic rings. The maximum atomic E-state index is 11.4. The number of hydrogen-bond acceptors (Lipinski definition) is 1. The Labute approximate surface area is 59.0 Å². The molecule has 0 fully saturated rings. The largest absolute Gasteiger partial charge is 0.414 e. The van der Waals surface area contributed by atoms with Crippen molar-refractivity contribution in [1.82, 2.24) is 0 Å². The summed E-state index contributed by atoms with van der Waals surface area (Å²) in [5.41, 5.74) is 0. The summed E-state index contributed by atoms with van der Waals surface area (Å²) >= 11 is 2.78. The molecule has 0 heterocycles. The van der Waals surface area contributed by atoms with Crippen LogP contribution in [-0.2, 0) is 0 Å². The average Bonchev–Trinajstić information content (AvgIpc) is 1.64. The highest BCUT2D eigenvalue weighted by atomic mass is 79.9. The normalized spacial score (nSPS) is 15.7. The lowest BCUT2D eigenvalue weighted by molar-refractivity contribution is -0.203. The molecule has 9 heavy (non-hydrogen) atoms. The Morgan fingerprint density at radius 2 is 1.89 bits per heavy atom. The lowest BCUT2D eigenvalue weighted by atomic mass is 10.3. The molecule has 1 nitrogen and oxygen atoms in total. The summed E-state index contributed by atoms with van der Waals surface area (Å²) in [6.07, 6.45) is -6.94. The highest BCUT2D eigenvalue weighted by Crippen LogP contribution is 2.22. The summed E-state index contributed by atoms with van der Waals surface area (Å²) in [6, 6.07) is 0. The van der Waals surface area contributed by atoms with Gasteiger partial charge in [-0.15, -0.1) is 0 Å². The van der Waals surface area contributed by atoms with Crippen LogP contribution in [0.2, 0.25) is 0 Å². The summed E-state index contributed by atoms with van der Waals surface area (Å²) in [6.45, 7) is 0. The summed E-state index contributed by atoms with van der Waals surface area (Å²) in [4.78, 5) is 0. The van der Waals surface area contributed by atoms with Gasteiger partial charge in [0.05, 0.1) is 0 Å². The minimum absolute atomic E-state index is 0.160. The van der Waals surface area contributed by atoms with E-state index in [2.05, 4.69) is 15.9 Å². The molecule has 0 amide bonds. The van der Waals surface area contributed by atoms with Gasteiger partial charge >= 0.3 is 6.18 Å². The first kappa shape index (κ1) is 9.23. The van der Waals surface area contributed by atoms with Crippen molar-refractivity contribution < 1.29 is 18.3 Å². The van der Waals surface area contributed by atoms with Gasteiger partial charge in [-0.25, -0.2) is 0 Å². The number of aliphatic hydroxyl groups is 1. The van der Waals surface area contributed by atoms with Gasteiger partial charge in [0, 0.05) is 5.33 Å². The van der Waals surface area contributed by atoms with E-state index in [9.17, 15) is 13.2 Å². The van der Waals surface area contributed by atoms with Crippen LogP contribution < -0.4 is 0 Å². The maximum absolute atomic E-state index is 11.4. The van der Waals surface area contributed by atoms with E-state index in [4.69, 9.17) is 5.11 Å². The fourth-order valence-corrected chi connectivity index (χ4v) is 0.701. The van der Waals surface area contributed by atoms with Gasteiger partial charge < -0.3 is 5.11 Å². The molecule has 0 aromatic heterocycles. The molecule has 0 aliphatic rings. The number of aliphatic hydroxyl groups excluding tert-OH is 1. The summed E-state index contributed by atoms with van der Waals surface area (Å²) in [5.74, 6) is 0. The van der Waals surface area contributed by atoms with Crippen LogP contribution in [0.3, 0.4) is 0 Å². The van der Waals surface area contributed by atoms with Gasteiger partial charge in [-0.1, -0.05) is 15.9 Å². The quantitative estimate of drug-likeness (QED) is 0.683. The van der Waals surface area contributed by atoms with E-state index in [-0.39, 0.29) is 11.8 Å². The van der Waals surface area contributed by atoms with E-state index in [1.54, 1.807) is 0 Å². The van der Waals surface area contributed by atoms with Crippen molar-refractivity contribution in [3.63, 3.8) is 0 Å². The molecule has 0 radical (unpaired) electrons. The Morgan fingerprint density at radius 3 is 2.00 bits per heavy atom. The third-order valence-electron chi connectivity index (χ3n) is 0.760. The summed E-state index contributed by atoms with van der Waals surface area (Å²) in [5, 5.41) is 8.39. The number of rotatable bonds is 2. The molecule has 56 valence electrons. The molecular weight excluding hydrogens is 201 g/mol. The van der Waals surface area contributed by atoms with Crippen LogP contribution in [0.4, 0.5) is 13.2 Å². The molecule has 1 unspecified atom stereocenters. The first-order valence-corrected chi connectivity index (χ1v) is 3.41. The average molecular weight is 207 g/mol. The van der Waals surface area contributed by atoms with Crippen LogP contribution >= 0.6 is 15.9 Å². The van der Waals surface area contributed by atoms with Crippen molar-refractivity contribution in [3.05, 3.63) is 0 Å². The zero-order chi connectivity index (χ0) is 7.49. The van der Waals surface area contributed by atoms with E-state index in [0.29, 0.717) is 0 Å². The monoisotopic (exact) mass is 206 g/mol. The Hall–Kier alpha value is 0.230. The highest BCUT2D eigenvalue weighted by molar-refractivity contribution is 9.09. The van der Waals surface area contributed by atoms with Gasteiger partial charge in [0.25, 0.3) is 0 Å². The second kappa shape index (κ2) is 3.41. The van der Waals surface area contributed by atoms with Crippen molar-refractivity contribution in [3.8, 4) is 0 Å². The molecule has 0 aliphatic heterocycles. The van der Waals surface area contributed by atoms with Crippen molar-refractivity contribution in [1.29, 1.82) is 0 Å². The Balaban J connectivity index is 3.59. The van der Waals surface area contributed by atoms with Gasteiger partial charge in [-0.3, -0.25) is 0 Å². The van der Waals surface area contributed by atoms with Crippen LogP contribution in [0.15, 0.2) is 0 Å². The van der Waals surface area contributed by atoms with Crippen LogP contribution in [0.5, 0.6) is 0 Å². The fraction of sp³-hybridized carbons (Fsp3) is 1.00. The number of hydrogen-bond donors (Lipinski definition) is 1. The van der Waals surface area contributed by atoms with Gasteiger partial charge in [-0.2, -0.15) is 13.2 Å². The maximum Gasteiger partial charge on any atom is 0.414 e. The van der Waals surface area contributed by atoms with Crippen molar-refractivity contribution in [2.24, 2.45) is 0 Å². The first-order chi connectivity index (χ1) is 3.98. The zero-order valence-electron chi connectivity index (χ0n) is 4.45. The topological polar surface area (TPSA) is 20.2 Å². The molecule has 0 aliphatic carbocycles. The van der Waals surface area contributed by atoms with E-state index in [0.717, 1.165) is 0 Å². The fourth-order valence-electron chi connectivity index (χ4n) is 0.267. The second-order valence-electron chi connectivity index (χ2n) is 1.54. The van der Waals surface area contributed by atoms with E-state index < -0.39 is 12.3 Å². The molecule has 5 heteroatoms. The lowest BCUT2D eigenvalue weighted by Gasteiger charge is -2.11. The molecule has 1 atom stereocenters. The number of alkyl halides is 4. The molecule has 0 bridgehead atoms. The highest BCUT2D eigenvalue weighted by Gasteiger charge is 2.37. The molecule has 0 spiro atoms. The smallest absolute Gasteiger partial charge is 0.384 e. The molecule has 0 saturated heterocycles.